The van der Waals surface area contributed by atoms with E-state index in [0.717, 1.165) is 36.2 Å². The first-order valence-corrected chi connectivity index (χ1v) is 26.7. The molecule has 3 amide bonds. The fraction of sp³-hybridized carbons (Fsp3) is 0.434. The molecule has 0 radical (unpaired) electrons. The molecule has 2 unspecified atom stereocenters. The predicted octanol–water partition coefficient (Wildman–Crippen LogP) is 10.0. The largest absolute Gasteiger partial charge is 0.460 e. The molecule has 5 aromatic rings. The van der Waals surface area contributed by atoms with Gasteiger partial charge in [0.15, 0.2) is 0 Å². The fourth-order valence-electron chi connectivity index (χ4n) is 10.6. The Hall–Kier alpha value is -5.54. The van der Waals surface area contributed by atoms with Gasteiger partial charge < -0.3 is 29.3 Å². The maximum atomic E-state index is 16.9. The van der Waals surface area contributed by atoms with Crippen LogP contribution in [0.3, 0.4) is 0 Å². The molecule has 3 saturated heterocycles. The number of benzene rings is 4. The number of nitrogens with zero attached hydrogens (tertiary/aromatic N) is 3. The van der Waals surface area contributed by atoms with E-state index in [4.69, 9.17) is 9.26 Å². The quantitative estimate of drug-likeness (QED) is 0.0689. The number of carbonyl (C=O) groups is 4. The Morgan fingerprint density at radius 2 is 1.60 bits per heavy atom. The molecule has 4 aliphatic rings. The highest BCUT2D eigenvalue weighted by molar-refractivity contribution is 7.57. The Morgan fingerprint density at radius 3 is 2.30 bits per heavy atom. The van der Waals surface area contributed by atoms with Gasteiger partial charge in [-0.15, -0.1) is 11.3 Å². The van der Waals surface area contributed by atoms with Crippen LogP contribution in [0.1, 0.15) is 103 Å². The van der Waals surface area contributed by atoms with E-state index in [1.54, 1.807) is 59.5 Å². The van der Waals surface area contributed by atoms with Gasteiger partial charge in [0, 0.05) is 47.8 Å². The first kappa shape index (κ1) is 49.4. The van der Waals surface area contributed by atoms with Gasteiger partial charge in [-0.25, -0.2) is 18.3 Å². The van der Waals surface area contributed by atoms with Crippen LogP contribution in [0.4, 0.5) is 13.2 Å². The second-order valence-electron chi connectivity index (χ2n) is 19.3. The Morgan fingerprint density at radius 1 is 0.900 bits per heavy atom. The van der Waals surface area contributed by atoms with E-state index in [9.17, 15) is 32.5 Å². The second-order valence-corrected chi connectivity index (χ2v) is 22.5. The molecule has 3 aliphatic heterocycles. The number of halogens is 3. The van der Waals surface area contributed by atoms with Crippen LogP contribution in [0, 0.1) is 0 Å². The molecule has 70 heavy (non-hydrogen) atoms. The van der Waals surface area contributed by atoms with Crippen molar-refractivity contribution in [2.45, 2.75) is 125 Å². The molecule has 4 fully saturated rings. The van der Waals surface area contributed by atoms with E-state index >= 15 is 4.39 Å². The van der Waals surface area contributed by atoms with Crippen molar-refractivity contribution in [1.82, 2.24) is 25.1 Å². The van der Waals surface area contributed by atoms with E-state index in [2.05, 4.69) is 22.5 Å². The van der Waals surface area contributed by atoms with Gasteiger partial charge in [-0.2, -0.15) is 0 Å². The summed E-state index contributed by atoms with van der Waals surface area (Å²) in [6, 6.07) is 30.0. The number of likely N-dealkylation sites (tertiary alicyclic amines) is 1. The molecule has 1 spiro atoms. The monoisotopic (exact) mass is 997 g/mol. The SMILES string of the molecule is C[C@H](NP(=O)(Oc1ccccc1)[C@@H](F)c1ccc2sc(C(=O)NC3CC[C@H](N(C)CCC(F)F)C[C@H]4CC[C@@H](C(=O)N5C[C@H](c6ccccc6)CC56CC6)N4C3=O)cc2c1)C(=O)OCc1ccccc1. The number of hydrogen-bond acceptors (Lipinski definition) is 9. The van der Waals surface area contributed by atoms with Crippen molar-refractivity contribution in [2.75, 3.05) is 20.1 Å². The summed E-state index contributed by atoms with van der Waals surface area (Å²) >= 11 is 1.14. The molecule has 0 bridgehead atoms. The highest BCUT2D eigenvalue weighted by atomic mass is 32.1. The average Bonchev–Trinajstić information content (AvgIpc) is 3.63. The molecule has 1 saturated carbocycles. The second kappa shape index (κ2) is 21.0. The first-order chi connectivity index (χ1) is 33.7. The minimum absolute atomic E-state index is 0.0251. The zero-order valence-corrected chi connectivity index (χ0v) is 41.0. The summed E-state index contributed by atoms with van der Waals surface area (Å²) < 4.78 is 70.2. The van der Waals surface area contributed by atoms with Gasteiger partial charge in [-0.3, -0.25) is 23.7 Å². The number of para-hydroxylation sites is 1. The van der Waals surface area contributed by atoms with E-state index in [1.807, 2.05) is 41.1 Å². The van der Waals surface area contributed by atoms with Crippen LogP contribution in [0.15, 0.2) is 115 Å². The summed E-state index contributed by atoms with van der Waals surface area (Å²) in [6.45, 7) is 2.11. The third-order valence-electron chi connectivity index (χ3n) is 14.5. The number of fused-ring (bicyclic) bond motifs is 2. The molecular formula is C53H59F3N5O7PS. The predicted molar refractivity (Wildman–Crippen MR) is 262 cm³/mol. The maximum Gasteiger partial charge on any atom is 0.355 e. The summed E-state index contributed by atoms with van der Waals surface area (Å²) in [7, 11) is -2.75. The third-order valence-corrected chi connectivity index (χ3v) is 17.8. The van der Waals surface area contributed by atoms with Gasteiger partial charge in [0.05, 0.1) is 4.88 Å². The van der Waals surface area contributed by atoms with Crippen molar-refractivity contribution in [1.29, 1.82) is 0 Å². The van der Waals surface area contributed by atoms with Gasteiger partial charge >= 0.3 is 13.5 Å². The van der Waals surface area contributed by atoms with Crippen LogP contribution in [0.2, 0.25) is 0 Å². The van der Waals surface area contributed by atoms with Gasteiger partial charge in [0.1, 0.15) is 30.5 Å². The Bertz CT molecular complexity index is 2710. The number of thiophene rings is 1. The minimum Gasteiger partial charge on any atom is -0.460 e. The minimum atomic E-state index is -4.56. The van der Waals surface area contributed by atoms with Gasteiger partial charge in [0.2, 0.25) is 24.2 Å². The normalized spacial score (nSPS) is 23.6. The molecule has 1 aliphatic carbocycles. The van der Waals surface area contributed by atoms with Crippen molar-refractivity contribution in [3.8, 4) is 5.75 Å². The number of alkyl halides is 3. The first-order valence-electron chi connectivity index (χ1n) is 24.2. The molecule has 17 heteroatoms. The molecule has 370 valence electrons. The Balaban J connectivity index is 0.936. The number of amides is 3. The summed E-state index contributed by atoms with van der Waals surface area (Å²) in [6.07, 6.45) is 2.19. The Kier molecular flexibility index (Phi) is 14.9. The highest BCUT2D eigenvalue weighted by Crippen LogP contribution is 2.58. The number of ether oxygens (including phenoxy) is 1. The van der Waals surface area contributed by atoms with Gasteiger partial charge in [0.25, 0.3) is 5.91 Å². The van der Waals surface area contributed by atoms with Gasteiger partial charge in [-0.05, 0) is 118 Å². The molecule has 2 N–H and O–H groups in total. The fourth-order valence-corrected chi connectivity index (χ4v) is 13.5. The van der Waals surface area contributed by atoms with E-state index in [0.29, 0.717) is 42.3 Å². The molecule has 9 rings (SSSR count). The molecule has 8 atom stereocenters. The molecular weight excluding hydrogens is 939 g/mol. The smallest absolute Gasteiger partial charge is 0.355 e. The van der Waals surface area contributed by atoms with Crippen molar-refractivity contribution < 1.29 is 46.2 Å². The summed E-state index contributed by atoms with van der Waals surface area (Å²) in [5, 5.41) is 6.07. The third kappa shape index (κ3) is 10.9. The number of hydrogen-bond donors (Lipinski definition) is 2. The van der Waals surface area contributed by atoms with Crippen LogP contribution < -0.4 is 14.9 Å². The van der Waals surface area contributed by atoms with Crippen LogP contribution in [-0.4, -0.2) is 101 Å². The highest BCUT2D eigenvalue weighted by Gasteiger charge is 2.58. The average molecular weight is 998 g/mol. The van der Waals surface area contributed by atoms with Crippen molar-refractivity contribution >= 4 is 52.6 Å². The summed E-state index contributed by atoms with van der Waals surface area (Å²) in [5.41, 5.74) is 1.68. The van der Waals surface area contributed by atoms with Crippen LogP contribution in [-0.2, 0) is 30.3 Å². The molecule has 1 aromatic heterocycles. The van der Waals surface area contributed by atoms with Crippen molar-refractivity contribution in [3.63, 3.8) is 0 Å². The van der Waals surface area contributed by atoms with E-state index < -0.39 is 49.9 Å². The summed E-state index contributed by atoms with van der Waals surface area (Å²) in [4.78, 5) is 62.9. The van der Waals surface area contributed by atoms with Crippen LogP contribution in [0.5, 0.6) is 5.75 Å². The lowest BCUT2D eigenvalue weighted by Gasteiger charge is -2.41. The topological polar surface area (TPSA) is 138 Å². The number of nitrogens with one attached hydrogen (secondary N) is 2. The molecule has 4 aromatic carbocycles. The zero-order valence-electron chi connectivity index (χ0n) is 39.3. The van der Waals surface area contributed by atoms with Crippen LogP contribution >= 0.6 is 18.9 Å². The lowest BCUT2D eigenvalue weighted by Crippen LogP contribution is -2.59. The van der Waals surface area contributed by atoms with E-state index in [1.165, 1.54) is 36.8 Å². The van der Waals surface area contributed by atoms with Crippen molar-refractivity contribution in [2.24, 2.45) is 0 Å². The number of carbonyl (C=O) groups excluding carboxylic acids is 4. The molecule has 4 heterocycles. The van der Waals surface area contributed by atoms with Crippen LogP contribution in [0.25, 0.3) is 10.1 Å². The maximum absolute atomic E-state index is 16.9. The summed E-state index contributed by atoms with van der Waals surface area (Å²) in [5.74, 6) is -3.66. The zero-order chi connectivity index (χ0) is 49.2. The lowest BCUT2D eigenvalue weighted by atomic mass is 9.93. The number of esters is 1. The van der Waals surface area contributed by atoms with E-state index in [-0.39, 0.29) is 77.5 Å². The Labute approximate surface area is 410 Å². The standard InChI is InChI=1S/C53H59F3N5O7PS/c1-34(52(65)67-33-35-12-6-3-7-13-35)58-69(66,68-42-16-10-5-11-17-42)48(56)37-18-23-45-38(28-37)29-46(70-45)49(62)57-43-21-19-40(59(2)27-24-47(54)55)30-41-20-22-44(61(41)50(43)63)51(64)60-32-39(31-53(60)25-26-53)36-14-8-4-9-15-36/h3-18,23,28-29,34,39-41,43-44,47-48H,19-22,24-27,30-33H2,1-2H3,(H,57,62)(H,58,66)/t34-,39+,40-,41+,43?,44-,48+,69?/m0/s1. The molecule has 12 nitrogen and oxygen atoms in total. The number of rotatable bonds is 17. The lowest BCUT2D eigenvalue weighted by molar-refractivity contribution is -0.148. The van der Waals surface area contributed by atoms with Crippen molar-refractivity contribution in [3.05, 3.63) is 137 Å². The van der Waals surface area contributed by atoms with Gasteiger partial charge in [-0.1, -0.05) is 84.9 Å².